The molecule has 0 unspecified atom stereocenters. The van der Waals surface area contributed by atoms with Crippen LogP contribution in [0.3, 0.4) is 0 Å². The van der Waals surface area contributed by atoms with Gasteiger partial charge in [-0.15, -0.1) is 0 Å². The molecule has 0 saturated heterocycles. The maximum absolute atomic E-state index is 12.8. The molecule has 1 aliphatic carbocycles. The number of fused-ring (bicyclic) bond motifs is 1. The van der Waals surface area contributed by atoms with Crippen molar-refractivity contribution in [3.05, 3.63) is 69.8 Å². The van der Waals surface area contributed by atoms with Crippen LogP contribution < -0.4 is 10.9 Å². The van der Waals surface area contributed by atoms with Crippen LogP contribution in [-0.2, 0) is 6.42 Å². The molecular weight excluding hydrogens is 344 g/mol. The molecule has 0 bridgehead atoms. The fourth-order valence-electron chi connectivity index (χ4n) is 3.64. The standard InChI is InChI=1S/C20H22N4O3/c1-12-7-18-21-11-16(20(27)24(18)23-12)19(26)22-17(14-9-15(25)10-14)8-13-5-3-2-4-6-13/h2-7,11,14-15,17,23,25H,8-10H2,1H3,(H,22,26)/t14?,15?,17-/m1/s1. The van der Waals surface area contributed by atoms with E-state index in [-0.39, 0.29) is 23.6 Å². The summed E-state index contributed by atoms with van der Waals surface area (Å²) in [5, 5.41) is 15.6. The van der Waals surface area contributed by atoms with Crippen LogP contribution in [0.5, 0.6) is 0 Å². The van der Waals surface area contributed by atoms with Gasteiger partial charge in [-0.2, -0.15) is 0 Å². The Labute approximate surface area is 156 Å². The van der Waals surface area contributed by atoms with Crippen molar-refractivity contribution >= 4 is 11.6 Å². The SMILES string of the molecule is Cc1cc2ncc(C(=O)N[C@H](Cc3ccccc3)C3CC(O)C3)c(=O)n2[nH]1. The maximum Gasteiger partial charge on any atom is 0.285 e. The van der Waals surface area contributed by atoms with E-state index < -0.39 is 11.5 Å². The van der Waals surface area contributed by atoms with Crippen LogP contribution in [0.2, 0.25) is 0 Å². The molecule has 4 rings (SSSR count). The van der Waals surface area contributed by atoms with Gasteiger partial charge in [0.15, 0.2) is 5.65 Å². The number of benzene rings is 1. The van der Waals surface area contributed by atoms with Gasteiger partial charge in [0.05, 0.1) is 6.10 Å². The van der Waals surface area contributed by atoms with Crippen LogP contribution in [-0.4, -0.2) is 37.8 Å². The van der Waals surface area contributed by atoms with Gasteiger partial charge >= 0.3 is 0 Å². The number of aryl methyl sites for hydroxylation is 1. The van der Waals surface area contributed by atoms with E-state index in [1.165, 1.54) is 10.7 Å². The number of aliphatic hydroxyl groups is 1. The number of carbonyl (C=O) groups excluding carboxylic acids is 1. The molecule has 7 nitrogen and oxygen atoms in total. The third kappa shape index (κ3) is 3.50. The summed E-state index contributed by atoms with van der Waals surface area (Å²) < 4.78 is 1.28. The largest absolute Gasteiger partial charge is 0.393 e. The molecule has 1 saturated carbocycles. The van der Waals surface area contributed by atoms with Gasteiger partial charge in [-0.05, 0) is 37.7 Å². The number of aliphatic hydroxyl groups excluding tert-OH is 1. The molecule has 2 aromatic heterocycles. The first kappa shape index (κ1) is 17.5. The van der Waals surface area contributed by atoms with Crippen molar-refractivity contribution in [2.75, 3.05) is 0 Å². The van der Waals surface area contributed by atoms with Gasteiger partial charge in [0.25, 0.3) is 11.5 Å². The van der Waals surface area contributed by atoms with Gasteiger partial charge in [-0.1, -0.05) is 30.3 Å². The van der Waals surface area contributed by atoms with Crippen molar-refractivity contribution in [2.24, 2.45) is 5.92 Å². The summed E-state index contributed by atoms with van der Waals surface area (Å²) in [7, 11) is 0. The number of nitrogens with zero attached hydrogens (tertiary/aromatic N) is 2. The lowest BCUT2D eigenvalue weighted by molar-refractivity contribution is 0.0239. The summed E-state index contributed by atoms with van der Waals surface area (Å²) in [5.41, 5.74) is 1.97. The zero-order valence-corrected chi connectivity index (χ0v) is 15.1. The zero-order chi connectivity index (χ0) is 19.0. The Bertz CT molecular complexity index is 1020. The van der Waals surface area contributed by atoms with Gasteiger partial charge < -0.3 is 10.4 Å². The first-order valence-electron chi connectivity index (χ1n) is 9.11. The van der Waals surface area contributed by atoms with E-state index in [2.05, 4.69) is 15.4 Å². The average molecular weight is 366 g/mol. The van der Waals surface area contributed by atoms with Crippen LogP contribution in [0, 0.1) is 12.8 Å². The third-order valence-corrected chi connectivity index (χ3v) is 5.20. The second-order valence-corrected chi connectivity index (χ2v) is 7.26. The normalized spacial score (nSPS) is 20.2. The number of amides is 1. The first-order valence-corrected chi connectivity index (χ1v) is 9.11. The Morgan fingerprint density at radius 2 is 2.11 bits per heavy atom. The van der Waals surface area contributed by atoms with Gasteiger partial charge in [-0.3, -0.25) is 14.7 Å². The lowest BCUT2D eigenvalue weighted by Crippen LogP contribution is -2.49. The Morgan fingerprint density at radius 1 is 1.37 bits per heavy atom. The molecule has 1 atom stereocenters. The van der Waals surface area contributed by atoms with Crippen molar-refractivity contribution < 1.29 is 9.90 Å². The van der Waals surface area contributed by atoms with E-state index >= 15 is 0 Å². The molecule has 1 aromatic carbocycles. The average Bonchev–Trinajstić information content (AvgIpc) is 3.01. The molecule has 1 aliphatic rings. The van der Waals surface area contributed by atoms with Crippen molar-refractivity contribution in [3.63, 3.8) is 0 Å². The van der Waals surface area contributed by atoms with Gasteiger partial charge in [0.2, 0.25) is 0 Å². The van der Waals surface area contributed by atoms with Gasteiger partial charge in [0.1, 0.15) is 5.56 Å². The lowest BCUT2D eigenvalue weighted by Gasteiger charge is -2.38. The summed E-state index contributed by atoms with van der Waals surface area (Å²) in [6.45, 7) is 1.83. The number of H-pyrrole nitrogens is 1. The van der Waals surface area contributed by atoms with E-state index in [1.54, 1.807) is 6.07 Å². The maximum atomic E-state index is 12.8. The summed E-state index contributed by atoms with van der Waals surface area (Å²) >= 11 is 0. The summed E-state index contributed by atoms with van der Waals surface area (Å²) in [6.07, 6.45) is 2.99. The van der Waals surface area contributed by atoms with E-state index in [0.29, 0.717) is 24.9 Å². The summed E-state index contributed by atoms with van der Waals surface area (Å²) in [4.78, 5) is 29.6. The fourth-order valence-corrected chi connectivity index (χ4v) is 3.64. The molecule has 0 spiro atoms. The molecule has 0 aliphatic heterocycles. The van der Waals surface area contributed by atoms with Crippen LogP contribution in [0.15, 0.2) is 47.4 Å². The highest BCUT2D eigenvalue weighted by molar-refractivity contribution is 5.94. The van der Waals surface area contributed by atoms with E-state index in [9.17, 15) is 14.7 Å². The molecule has 3 N–H and O–H groups in total. The number of hydrogen-bond acceptors (Lipinski definition) is 4. The molecule has 7 heteroatoms. The molecule has 2 heterocycles. The molecule has 1 fully saturated rings. The third-order valence-electron chi connectivity index (χ3n) is 5.20. The van der Waals surface area contributed by atoms with E-state index in [0.717, 1.165) is 11.3 Å². The Balaban J connectivity index is 1.58. The zero-order valence-electron chi connectivity index (χ0n) is 15.1. The summed E-state index contributed by atoms with van der Waals surface area (Å²) in [5.74, 6) is -0.243. The van der Waals surface area contributed by atoms with Gasteiger partial charge in [0, 0.05) is 24.0 Å². The second kappa shape index (κ2) is 7.00. The number of nitrogens with one attached hydrogen (secondary N) is 2. The molecule has 140 valence electrons. The molecule has 0 radical (unpaired) electrons. The lowest BCUT2D eigenvalue weighted by atomic mass is 9.75. The van der Waals surface area contributed by atoms with Crippen molar-refractivity contribution in [1.82, 2.24) is 19.9 Å². The van der Waals surface area contributed by atoms with E-state index in [4.69, 9.17) is 0 Å². The fraction of sp³-hybridized carbons (Fsp3) is 0.350. The molecule has 27 heavy (non-hydrogen) atoms. The highest BCUT2D eigenvalue weighted by Gasteiger charge is 2.35. The van der Waals surface area contributed by atoms with Crippen LogP contribution >= 0.6 is 0 Å². The van der Waals surface area contributed by atoms with Gasteiger partial charge in [-0.25, -0.2) is 9.50 Å². The number of aromatic nitrogens is 3. The van der Waals surface area contributed by atoms with Crippen LogP contribution in [0.4, 0.5) is 0 Å². The van der Waals surface area contributed by atoms with Crippen molar-refractivity contribution in [1.29, 1.82) is 0 Å². The Morgan fingerprint density at radius 3 is 2.81 bits per heavy atom. The minimum atomic E-state index is -0.434. The summed E-state index contributed by atoms with van der Waals surface area (Å²) in [6, 6.07) is 11.5. The van der Waals surface area contributed by atoms with Crippen molar-refractivity contribution in [3.8, 4) is 0 Å². The minimum absolute atomic E-state index is 0.00674. The number of rotatable bonds is 5. The monoisotopic (exact) mass is 366 g/mol. The van der Waals surface area contributed by atoms with Crippen molar-refractivity contribution in [2.45, 2.75) is 38.3 Å². The quantitative estimate of drug-likeness (QED) is 0.636. The molecule has 3 aromatic rings. The highest BCUT2D eigenvalue weighted by Crippen LogP contribution is 2.31. The second-order valence-electron chi connectivity index (χ2n) is 7.26. The smallest absolute Gasteiger partial charge is 0.285 e. The van der Waals surface area contributed by atoms with E-state index in [1.807, 2.05) is 37.3 Å². The predicted molar refractivity (Wildman–Crippen MR) is 101 cm³/mol. The highest BCUT2D eigenvalue weighted by atomic mass is 16.3. The minimum Gasteiger partial charge on any atom is -0.393 e. The van der Waals surface area contributed by atoms with Crippen LogP contribution in [0.25, 0.3) is 5.65 Å². The number of hydrogen-bond donors (Lipinski definition) is 3. The number of aromatic amines is 1. The number of carbonyl (C=O) groups is 1. The molecular formula is C20H22N4O3. The molecule has 1 amide bonds. The first-order chi connectivity index (χ1) is 13.0. The van der Waals surface area contributed by atoms with Crippen LogP contribution in [0.1, 0.15) is 34.5 Å². The Kier molecular flexibility index (Phi) is 4.53. The Hall–Kier alpha value is -2.93. The predicted octanol–water partition coefficient (Wildman–Crippen LogP) is 1.44. The topological polar surface area (TPSA) is 99.5 Å².